The lowest BCUT2D eigenvalue weighted by molar-refractivity contribution is -0.119. The lowest BCUT2D eigenvalue weighted by Crippen LogP contribution is -2.47. The number of rotatable bonds is 2. The molecule has 0 spiro atoms. The van der Waals surface area contributed by atoms with E-state index in [1.165, 1.54) is 18.7 Å². The Bertz CT molecular complexity index is 1030. The van der Waals surface area contributed by atoms with Gasteiger partial charge in [-0.2, -0.15) is 9.98 Å². The Labute approximate surface area is 165 Å². The number of fused-ring (bicyclic) bond motifs is 3. The van der Waals surface area contributed by atoms with E-state index in [-0.39, 0.29) is 40.5 Å². The Morgan fingerprint density at radius 3 is 2.93 bits per heavy atom. The van der Waals surface area contributed by atoms with E-state index in [4.69, 9.17) is 10.5 Å². The maximum atomic E-state index is 12.1. The normalized spacial score (nSPS) is 29.8. The number of ether oxygens (including phenoxy) is 1. The second-order valence-electron chi connectivity index (χ2n) is 7.23. The number of carbonyl (C=O) groups is 1. The highest BCUT2D eigenvalue weighted by molar-refractivity contribution is 8.13. The van der Waals surface area contributed by atoms with Gasteiger partial charge in [0.1, 0.15) is 0 Å². The number of carbonyl (C=O) groups excluding carboxylic acids is 1. The van der Waals surface area contributed by atoms with E-state index in [9.17, 15) is 9.59 Å². The van der Waals surface area contributed by atoms with Gasteiger partial charge >= 0.3 is 0 Å². The maximum Gasteiger partial charge on any atom is 0.280 e. The molecule has 3 N–H and O–H groups in total. The lowest BCUT2D eigenvalue weighted by Gasteiger charge is -2.38. The van der Waals surface area contributed by atoms with Crippen LogP contribution in [0.2, 0.25) is 0 Å². The Kier molecular flexibility index (Phi) is 4.46. The Morgan fingerprint density at radius 2 is 2.32 bits per heavy atom. The predicted octanol–water partition coefficient (Wildman–Crippen LogP) is 0.965. The van der Waals surface area contributed by atoms with Crippen molar-refractivity contribution in [2.75, 3.05) is 18.5 Å². The van der Waals surface area contributed by atoms with Gasteiger partial charge in [-0.15, -0.1) is 0 Å². The standard InChI is InChI=1S/C17H23N7O3S/c1-5-17-6-23(16(28-4)20-9(3)25)11(8(17)2)14(27-17)24-7-19-10-12(24)21-15(18)22-13(10)26/h7-8,11,14H,5-6H2,1-4H3,(H3,18,21,22,26)/t8-,11+,14+,17-/m0/s1. The van der Waals surface area contributed by atoms with Crippen LogP contribution in [0.25, 0.3) is 11.2 Å². The first-order chi connectivity index (χ1) is 13.3. The topological polar surface area (TPSA) is 131 Å². The van der Waals surface area contributed by atoms with E-state index in [1.807, 2.05) is 6.26 Å². The van der Waals surface area contributed by atoms with E-state index in [0.717, 1.165) is 6.42 Å². The zero-order valence-electron chi connectivity index (χ0n) is 16.2. The molecule has 4 rings (SSSR count). The molecule has 2 aromatic heterocycles. The zero-order valence-corrected chi connectivity index (χ0v) is 17.0. The molecule has 28 heavy (non-hydrogen) atoms. The monoisotopic (exact) mass is 405 g/mol. The third-order valence-corrected chi connectivity index (χ3v) is 6.48. The van der Waals surface area contributed by atoms with Gasteiger partial charge in [-0.1, -0.05) is 25.6 Å². The summed E-state index contributed by atoms with van der Waals surface area (Å²) in [7, 11) is 0. The molecule has 1 amide bonds. The summed E-state index contributed by atoms with van der Waals surface area (Å²) >= 11 is 1.44. The zero-order chi connectivity index (χ0) is 20.2. The van der Waals surface area contributed by atoms with Crippen molar-refractivity contribution in [1.82, 2.24) is 24.4 Å². The fraction of sp³-hybridized carbons (Fsp3) is 0.588. The van der Waals surface area contributed by atoms with Crippen LogP contribution in [0.1, 0.15) is 33.4 Å². The fourth-order valence-electron chi connectivity index (χ4n) is 4.40. The van der Waals surface area contributed by atoms with Gasteiger partial charge in [0.25, 0.3) is 5.56 Å². The number of amides is 1. The summed E-state index contributed by atoms with van der Waals surface area (Å²) in [4.78, 5) is 41.1. The number of amidine groups is 1. The number of nitrogen functional groups attached to an aromatic ring is 1. The summed E-state index contributed by atoms with van der Waals surface area (Å²) in [6, 6.07) is -0.0785. The fourth-order valence-corrected chi connectivity index (χ4v) is 5.04. The van der Waals surface area contributed by atoms with Crippen molar-refractivity contribution >= 4 is 39.9 Å². The highest BCUT2D eigenvalue weighted by Gasteiger charge is 2.62. The number of hydrogen-bond donors (Lipinski definition) is 2. The van der Waals surface area contributed by atoms with E-state index in [0.29, 0.717) is 17.4 Å². The second kappa shape index (κ2) is 6.59. The predicted molar refractivity (Wildman–Crippen MR) is 107 cm³/mol. The van der Waals surface area contributed by atoms with Crippen molar-refractivity contribution in [2.24, 2.45) is 10.9 Å². The lowest BCUT2D eigenvalue weighted by atomic mass is 9.88. The second-order valence-corrected chi connectivity index (χ2v) is 8.00. The van der Waals surface area contributed by atoms with E-state index >= 15 is 0 Å². The van der Waals surface area contributed by atoms with Gasteiger partial charge in [-0.25, -0.2) is 4.98 Å². The number of aromatic amines is 1. The number of likely N-dealkylation sites (tertiary alicyclic amines) is 1. The molecule has 0 unspecified atom stereocenters. The largest absolute Gasteiger partial charge is 0.369 e. The summed E-state index contributed by atoms with van der Waals surface area (Å²) < 4.78 is 8.27. The van der Waals surface area contributed by atoms with Crippen molar-refractivity contribution in [3.05, 3.63) is 16.7 Å². The van der Waals surface area contributed by atoms with Crippen LogP contribution < -0.4 is 11.3 Å². The molecular weight excluding hydrogens is 382 g/mol. The molecule has 0 radical (unpaired) electrons. The molecule has 10 nitrogen and oxygen atoms in total. The minimum atomic E-state index is -0.424. The van der Waals surface area contributed by atoms with Gasteiger partial charge < -0.3 is 15.4 Å². The molecule has 2 aliphatic rings. The van der Waals surface area contributed by atoms with Crippen molar-refractivity contribution < 1.29 is 9.53 Å². The van der Waals surface area contributed by atoms with Crippen LogP contribution in [0.3, 0.4) is 0 Å². The van der Waals surface area contributed by atoms with Crippen LogP contribution in [-0.2, 0) is 9.53 Å². The smallest absolute Gasteiger partial charge is 0.280 e. The summed E-state index contributed by atoms with van der Waals surface area (Å²) in [5.41, 5.74) is 5.57. The molecule has 0 aliphatic carbocycles. The molecule has 11 heteroatoms. The summed E-state index contributed by atoms with van der Waals surface area (Å²) in [5.74, 6) is -0.0269. The number of nitrogens with zero attached hydrogens (tertiary/aromatic N) is 5. The highest BCUT2D eigenvalue weighted by atomic mass is 32.2. The van der Waals surface area contributed by atoms with Crippen LogP contribution >= 0.6 is 11.8 Å². The molecule has 0 saturated carbocycles. The quantitative estimate of drug-likeness (QED) is 0.558. The number of anilines is 1. The van der Waals surface area contributed by atoms with Crippen molar-refractivity contribution in [1.29, 1.82) is 0 Å². The van der Waals surface area contributed by atoms with E-state index in [2.05, 4.69) is 38.7 Å². The summed E-state index contributed by atoms with van der Waals surface area (Å²) in [5, 5.41) is 0.669. The number of nitrogens with one attached hydrogen (secondary N) is 1. The third-order valence-electron chi connectivity index (χ3n) is 5.79. The molecule has 4 heterocycles. The number of thioether (sulfide) groups is 1. The number of nitrogens with two attached hydrogens (primary N) is 1. The first-order valence-electron chi connectivity index (χ1n) is 9.11. The molecule has 150 valence electrons. The summed E-state index contributed by atoms with van der Waals surface area (Å²) in [6.07, 6.45) is 3.85. The van der Waals surface area contributed by atoms with Crippen molar-refractivity contribution in [3.63, 3.8) is 0 Å². The van der Waals surface area contributed by atoms with Crippen molar-refractivity contribution in [3.8, 4) is 0 Å². The van der Waals surface area contributed by atoms with Crippen LogP contribution in [0.5, 0.6) is 0 Å². The Hall–Kier alpha value is -2.40. The average molecular weight is 405 g/mol. The van der Waals surface area contributed by atoms with E-state index < -0.39 is 6.23 Å². The van der Waals surface area contributed by atoms with Crippen LogP contribution in [0, 0.1) is 5.92 Å². The van der Waals surface area contributed by atoms with E-state index in [1.54, 1.807) is 10.9 Å². The Balaban J connectivity index is 1.83. The average Bonchev–Trinajstić information content (AvgIpc) is 3.27. The molecular formula is C17H23N7O3S. The molecule has 2 aromatic rings. The molecule has 4 atom stereocenters. The van der Waals surface area contributed by atoms with Gasteiger partial charge in [-0.3, -0.25) is 19.1 Å². The van der Waals surface area contributed by atoms with Gasteiger partial charge in [0.05, 0.1) is 18.0 Å². The number of morpholine rings is 1. The SMILES string of the molecule is CC[C@@]12CN(C(=NC(C)=O)SC)[C@@H]([C@H](n3cnc4c(=O)[nH]c(N)nc43)O1)[C@@H]2C. The number of hydrogen-bond acceptors (Lipinski definition) is 7. The highest BCUT2D eigenvalue weighted by Crippen LogP contribution is 2.52. The molecule has 2 aliphatic heterocycles. The maximum absolute atomic E-state index is 12.1. The Morgan fingerprint density at radius 1 is 1.57 bits per heavy atom. The molecule has 2 bridgehead atoms. The molecule has 2 fully saturated rings. The van der Waals surface area contributed by atoms with Gasteiger partial charge in [0, 0.05) is 19.4 Å². The minimum Gasteiger partial charge on any atom is -0.369 e. The molecule has 0 aromatic carbocycles. The first kappa shape index (κ1) is 18.9. The number of aromatic nitrogens is 4. The van der Waals surface area contributed by atoms with Crippen LogP contribution in [0.4, 0.5) is 5.95 Å². The van der Waals surface area contributed by atoms with Crippen LogP contribution in [0.15, 0.2) is 16.1 Å². The van der Waals surface area contributed by atoms with Crippen molar-refractivity contribution in [2.45, 2.75) is 45.1 Å². The number of aliphatic imine (C=N–C) groups is 1. The summed E-state index contributed by atoms with van der Waals surface area (Å²) in [6.45, 7) is 6.34. The number of imidazole rings is 1. The third kappa shape index (κ3) is 2.64. The first-order valence-corrected chi connectivity index (χ1v) is 10.3. The molecule has 2 saturated heterocycles. The van der Waals surface area contributed by atoms with Gasteiger partial charge in [-0.05, 0) is 12.7 Å². The van der Waals surface area contributed by atoms with Gasteiger partial charge in [0.2, 0.25) is 11.9 Å². The van der Waals surface area contributed by atoms with Gasteiger partial charge in [0.15, 0.2) is 22.6 Å². The van der Waals surface area contributed by atoms with Crippen LogP contribution in [-0.4, -0.2) is 59.9 Å². The number of H-pyrrole nitrogens is 1. The minimum absolute atomic E-state index is 0.0282.